The molecule has 0 saturated carbocycles. The van der Waals surface area contributed by atoms with Gasteiger partial charge in [0.05, 0.1) is 0 Å². The van der Waals surface area contributed by atoms with Gasteiger partial charge in [-0.1, -0.05) is 36.4 Å². The molecule has 2 nitrogen and oxygen atoms in total. The van der Waals surface area contributed by atoms with Crippen molar-refractivity contribution in [2.75, 3.05) is 6.54 Å². The van der Waals surface area contributed by atoms with E-state index in [1.54, 1.807) is 0 Å². The SMILES string of the molecule is NCC(N)CC1C=Cc2ccccc21. The van der Waals surface area contributed by atoms with Crippen molar-refractivity contribution >= 4 is 6.08 Å². The van der Waals surface area contributed by atoms with Crippen molar-refractivity contribution in [3.8, 4) is 0 Å². The van der Waals surface area contributed by atoms with Gasteiger partial charge in [0.15, 0.2) is 0 Å². The van der Waals surface area contributed by atoms with Crippen molar-refractivity contribution < 1.29 is 0 Å². The maximum absolute atomic E-state index is 5.85. The largest absolute Gasteiger partial charge is 0.329 e. The normalized spacial score (nSPS) is 20.9. The Morgan fingerprint density at radius 3 is 2.86 bits per heavy atom. The van der Waals surface area contributed by atoms with Gasteiger partial charge in [-0.25, -0.2) is 0 Å². The van der Waals surface area contributed by atoms with Crippen molar-refractivity contribution in [2.45, 2.75) is 18.4 Å². The summed E-state index contributed by atoms with van der Waals surface area (Å²) in [5, 5.41) is 0. The van der Waals surface area contributed by atoms with Gasteiger partial charge in [0.2, 0.25) is 0 Å². The van der Waals surface area contributed by atoms with E-state index in [4.69, 9.17) is 11.5 Å². The van der Waals surface area contributed by atoms with Crippen LogP contribution in [0.2, 0.25) is 0 Å². The summed E-state index contributed by atoms with van der Waals surface area (Å²) in [7, 11) is 0. The molecule has 0 saturated heterocycles. The second-order valence-corrected chi connectivity index (χ2v) is 3.83. The number of hydrogen-bond acceptors (Lipinski definition) is 2. The van der Waals surface area contributed by atoms with Crippen LogP contribution in [0.5, 0.6) is 0 Å². The van der Waals surface area contributed by atoms with E-state index in [0.717, 1.165) is 6.42 Å². The van der Waals surface area contributed by atoms with Gasteiger partial charge in [0, 0.05) is 18.5 Å². The lowest BCUT2D eigenvalue weighted by Crippen LogP contribution is -2.30. The van der Waals surface area contributed by atoms with E-state index in [1.165, 1.54) is 11.1 Å². The fourth-order valence-electron chi connectivity index (χ4n) is 1.95. The second-order valence-electron chi connectivity index (χ2n) is 3.83. The molecular weight excluding hydrogens is 172 g/mol. The molecule has 1 aromatic carbocycles. The summed E-state index contributed by atoms with van der Waals surface area (Å²) >= 11 is 0. The molecule has 14 heavy (non-hydrogen) atoms. The van der Waals surface area contributed by atoms with Crippen LogP contribution < -0.4 is 11.5 Å². The predicted octanol–water partition coefficient (Wildman–Crippen LogP) is 1.47. The highest BCUT2D eigenvalue weighted by Gasteiger charge is 2.18. The Labute approximate surface area is 84.6 Å². The third kappa shape index (κ3) is 1.72. The molecule has 2 heteroatoms. The minimum atomic E-state index is 0.107. The fourth-order valence-corrected chi connectivity index (χ4v) is 1.95. The fraction of sp³-hybridized carbons (Fsp3) is 0.333. The first-order valence-electron chi connectivity index (χ1n) is 5.04. The maximum Gasteiger partial charge on any atom is 0.0171 e. The zero-order chi connectivity index (χ0) is 9.97. The van der Waals surface area contributed by atoms with Crippen molar-refractivity contribution in [2.24, 2.45) is 11.5 Å². The number of hydrogen-bond donors (Lipinski definition) is 2. The van der Waals surface area contributed by atoms with Crippen LogP contribution in [0.15, 0.2) is 30.3 Å². The van der Waals surface area contributed by atoms with Gasteiger partial charge in [0.25, 0.3) is 0 Å². The molecule has 2 unspecified atom stereocenters. The Kier molecular flexibility index (Phi) is 2.66. The summed E-state index contributed by atoms with van der Waals surface area (Å²) in [6, 6.07) is 8.56. The monoisotopic (exact) mass is 188 g/mol. The lowest BCUT2D eigenvalue weighted by atomic mass is 9.94. The molecule has 4 N–H and O–H groups in total. The van der Waals surface area contributed by atoms with E-state index in [9.17, 15) is 0 Å². The number of allylic oxidation sites excluding steroid dienone is 1. The Bertz CT molecular complexity index is 344. The third-order valence-corrected chi connectivity index (χ3v) is 2.76. The molecule has 0 fully saturated rings. The van der Waals surface area contributed by atoms with Gasteiger partial charge in [-0.05, 0) is 17.5 Å². The number of benzene rings is 1. The van der Waals surface area contributed by atoms with Crippen LogP contribution in [0.4, 0.5) is 0 Å². The van der Waals surface area contributed by atoms with Crippen LogP contribution in [0, 0.1) is 0 Å². The Hall–Kier alpha value is -1.12. The molecule has 2 rings (SSSR count). The van der Waals surface area contributed by atoms with Gasteiger partial charge in [-0.15, -0.1) is 0 Å². The first kappa shape index (κ1) is 9.44. The average Bonchev–Trinajstić information content (AvgIpc) is 2.62. The van der Waals surface area contributed by atoms with Crippen molar-refractivity contribution in [1.82, 2.24) is 0 Å². The van der Waals surface area contributed by atoms with E-state index < -0.39 is 0 Å². The lowest BCUT2D eigenvalue weighted by molar-refractivity contribution is 0.589. The topological polar surface area (TPSA) is 52.0 Å². The molecule has 1 aliphatic carbocycles. The zero-order valence-electron chi connectivity index (χ0n) is 8.19. The highest BCUT2D eigenvalue weighted by atomic mass is 14.7. The van der Waals surface area contributed by atoms with Crippen LogP contribution in [0.3, 0.4) is 0 Å². The number of fused-ring (bicyclic) bond motifs is 1. The standard InChI is InChI=1S/C12H16N2/c13-8-11(14)7-10-6-5-9-3-1-2-4-12(9)10/h1-6,10-11H,7-8,13-14H2. The molecule has 2 atom stereocenters. The molecule has 0 bridgehead atoms. The first-order chi connectivity index (χ1) is 6.81. The molecule has 0 spiro atoms. The number of rotatable bonds is 3. The van der Waals surface area contributed by atoms with Crippen LogP contribution in [-0.4, -0.2) is 12.6 Å². The van der Waals surface area contributed by atoms with E-state index in [-0.39, 0.29) is 6.04 Å². The summed E-state index contributed by atoms with van der Waals surface area (Å²) in [6.07, 6.45) is 5.34. The summed E-state index contributed by atoms with van der Waals surface area (Å²) in [6.45, 7) is 0.562. The van der Waals surface area contributed by atoms with Gasteiger partial charge in [-0.2, -0.15) is 0 Å². The smallest absolute Gasteiger partial charge is 0.0171 e. The van der Waals surface area contributed by atoms with Crippen LogP contribution in [0.25, 0.3) is 6.08 Å². The summed E-state index contributed by atoms with van der Waals surface area (Å²) in [5.41, 5.74) is 14.1. The summed E-state index contributed by atoms with van der Waals surface area (Å²) in [5.74, 6) is 0.463. The Morgan fingerprint density at radius 1 is 1.29 bits per heavy atom. The van der Waals surface area contributed by atoms with Crippen LogP contribution in [-0.2, 0) is 0 Å². The lowest BCUT2D eigenvalue weighted by Gasteiger charge is -2.15. The highest BCUT2D eigenvalue weighted by Crippen LogP contribution is 2.32. The molecular formula is C12H16N2. The van der Waals surface area contributed by atoms with Crippen molar-refractivity contribution in [1.29, 1.82) is 0 Å². The Balaban J connectivity index is 2.14. The highest BCUT2D eigenvalue weighted by molar-refractivity contribution is 5.62. The molecule has 1 aromatic rings. The van der Waals surface area contributed by atoms with Gasteiger partial charge in [0.1, 0.15) is 0 Å². The third-order valence-electron chi connectivity index (χ3n) is 2.76. The molecule has 1 aliphatic rings. The van der Waals surface area contributed by atoms with Crippen molar-refractivity contribution in [3.05, 3.63) is 41.5 Å². The zero-order valence-corrected chi connectivity index (χ0v) is 8.19. The molecule has 0 aromatic heterocycles. The average molecular weight is 188 g/mol. The van der Waals surface area contributed by atoms with E-state index in [2.05, 4.69) is 36.4 Å². The van der Waals surface area contributed by atoms with Gasteiger partial charge < -0.3 is 11.5 Å². The minimum absolute atomic E-state index is 0.107. The van der Waals surface area contributed by atoms with Crippen LogP contribution >= 0.6 is 0 Å². The van der Waals surface area contributed by atoms with E-state index in [1.807, 2.05) is 0 Å². The van der Waals surface area contributed by atoms with E-state index >= 15 is 0 Å². The first-order valence-corrected chi connectivity index (χ1v) is 5.04. The second kappa shape index (κ2) is 3.95. The predicted molar refractivity (Wildman–Crippen MR) is 59.9 cm³/mol. The van der Waals surface area contributed by atoms with Crippen LogP contribution in [0.1, 0.15) is 23.5 Å². The van der Waals surface area contributed by atoms with Gasteiger partial charge in [-0.3, -0.25) is 0 Å². The van der Waals surface area contributed by atoms with Crippen molar-refractivity contribution in [3.63, 3.8) is 0 Å². The molecule has 0 radical (unpaired) electrons. The maximum atomic E-state index is 5.85. The number of nitrogens with two attached hydrogens (primary N) is 2. The quantitative estimate of drug-likeness (QED) is 0.754. The van der Waals surface area contributed by atoms with E-state index in [0.29, 0.717) is 12.5 Å². The molecule has 0 amide bonds. The summed E-state index contributed by atoms with van der Waals surface area (Å²) in [4.78, 5) is 0. The minimum Gasteiger partial charge on any atom is -0.329 e. The molecule has 0 aliphatic heterocycles. The van der Waals surface area contributed by atoms with Gasteiger partial charge >= 0.3 is 0 Å². The summed E-state index contributed by atoms with van der Waals surface area (Å²) < 4.78 is 0. The Morgan fingerprint density at radius 2 is 2.07 bits per heavy atom. The molecule has 0 heterocycles. The molecule has 74 valence electrons.